The number of benzene rings is 1. The molecule has 14 heavy (non-hydrogen) atoms. The lowest BCUT2D eigenvalue weighted by Gasteiger charge is -2.30. The second kappa shape index (κ2) is 3.28. The van der Waals surface area contributed by atoms with E-state index in [4.69, 9.17) is 0 Å². The van der Waals surface area contributed by atoms with E-state index in [-0.39, 0.29) is 6.10 Å². The van der Waals surface area contributed by atoms with Crippen LogP contribution in [-0.2, 0) is 0 Å². The monoisotopic (exact) mass is 191 g/mol. The molecule has 2 N–H and O–H groups in total. The minimum atomic E-state index is -0.315. The number of aliphatic hydroxyl groups is 1. The first-order valence-electron chi connectivity index (χ1n) is 5.12. The molecular formula is C12H17NO. The van der Waals surface area contributed by atoms with Crippen molar-refractivity contribution in [3.63, 3.8) is 0 Å². The van der Waals surface area contributed by atoms with Gasteiger partial charge in [-0.05, 0) is 19.4 Å². The Hall–Kier alpha value is -1.02. The molecule has 2 atom stereocenters. The summed E-state index contributed by atoms with van der Waals surface area (Å²) in [5.41, 5.74) is 4.63. The van der Waals surface area contributed by atoms with Gasteiger partial charge < -0.3 is 10.4 Å². The van der Waals surface area contributed by atoms with Crippen LogP contribution < -0.4 is 5.32 Å². The lowest BCUT2D eigenvalue weighted by atomic mass is 9.89. The van der Waals surface area contributed by atoms with Crippen molar-refractivity contribution < 1.29 is 5.11 Å². The van der Waals surface area contributed by atoms with Crippen molar-refractivity contribution in [2.75, 3.05) is 11.9 Å². The van der Waals surface area contributed by atoms with E-state index in [0.717, 1.165) is 17.8 Å². The Morgan fingerprint density at radius 1 is 1.36 bits per heavy atom. The molecule has 1 aliphatic rings. The fourth-order valence-corrected chi connectivity index (χ4v) is 2.16. The molecule has 1 aromatic rings. The second-order valence-electron chi connectivity index (χ2n) is 4.35. The van der Waals surface area contributed by atoms with Crippen LogP contribution in [0.4, 0.5) is 5.69 Å². The quantitative estimate of drug-likeness (QED) is 0.660. The van der Waals surface area contributed by atoms with Crippen LogP contribution in [0, 0.1) is 19.8 Å². The lowest BCUT2D eigenvalue weighted by Crippen LogP contribution is -2.26. The van der Waals surface area contributed by atoms with Gasteiger partial charge in [-0.3, -0.25) is 0 Å². The van der Waals surface area contributed by atoms with E-state index in [9.17, 15) is 5.11 Å². The van der Waals surface area contributed by atoms with E-state index >= 15 is 0 Å². The average Bonchev–Trinajstić information content (AvgIpc) is 2.12. The molecule has 0 radical (unpaired) electrons. The Kier molecular flexibility index (Phi) is 2.23. The molecule has 0 saturated carbocycles. The van der Waals surface area contributed by atoms with Crippen LogP contribution in [0.1, 0.15) is 29.7 Å². The van der Waals surface area contributed by atoms with Gasteiger partial charge in [-0.2, -0.15) is 0 Å². The van der Waals surface area contributed by atoms with E-state index in [1.807, 2.05) is 0 Å². The maximum Gasteiger partial charge on any atom is 0.0852 e. The van der Waals surface area contributed by atoms with Crippen LogP contribution in [0.2, 0.25) is 0 Å². The lowest BCUT2D eigenvalue weighted by molar-refractivity contribution is 0.120. The number of anilines is 1. The van der Waals surface area contributed by atoms with E-state index in [1.54, 1.807) is 0 Å². The first-order valence-corrected chi connectivity index (χ1v) is 5.12. The highest BCUT2D eigenvalue weighted by molar-refractivity contribution is 5.61. The number of fused-ring (bicyclic) bond motifs is 1. The molecular weight excluding hydrogens is 174 g/mol. The summed E-state index contributed by atoms with van der Waals surface area (Å²) in [6.45, 7) is 7.08. The third-order valence-electron chi connectivity index (χ3n) is 2.97. The van der Waals surface area contributed by atoms with Gasteiger partial charge in [0.1, 0.15) is 0 Å². The van der Waals surface area contributed by atoms with Gasteiger partial charge in [0.2, 0.25) is 0 Å². The van der Waals surface area contributed by atoms with Crippen LogP contribution in [0.25, 0.3) is 0 Å². The van der Waals surface area contributed by atoms with E-state index < -0.39 is 0 Å². The molecule has 0 spiro atoms. The summed E-state index contributed by atoms with van der Waals surface area (Å²) in [6.07, 6.45) is -0.315. The van der Waals surface area contributed by atoms with Crippen LogP contribution in [0.15, 0.2) is 12.1 Å². The van der Waals surface area contributed by atoms with Crippen molar-refractivity contribution >= 4 is 5.69 Å². The van der Waals surface area contributed by atoms with Gasteiger partial charge in [0.15, 0.2) is 0 Å². The number of hydrogen-bond donors (Lipinski definition) is 2. The number of nitrogens with one attached hydrogen (secondary N) is 1. The molecule has 0 bridgehead atoms. The number of hydrogen-bond acceptors (Lipinski definition) is 2. The summed E-state index contributed by atoms with van der Waals surface area (Å²) in [5, 5.41) is 13.4. The molecule has 0 amide bonds. The second-order valence-corrected chi connectivity index (χ2v) is 4.35. The summed E-state index contributed by atoms with van der Waals surface area (Å²) >= 11 is 0. The molecule has 76 valence electrons. The van der Waals surface area contributed by atoms with Crippen LogP contribution in [0.5, 0.6) is 0 Å². The van der Waals surface area contributed by atoms with Crippen LogP contribution in [0.3, 0.4) is 0 Å². The SMILES string of the molecule is Cc1cc(C)c2c(c1)C(O)C(C)CN2. The smallest absolute Gasteiger partial charge is 0.0852 e. The highest BCUT2D eigenvalue weighted by Gasteiger charge is 2.25. The Bertz CT molecular complexity index is 360. The summed E-state index contributed by atoms with van der Waals surface area (Å²) in [7, 11) is 0. The summed E-state index contributed by atoms with van der Waals surface area (Å²) in [6, 6.07) is 4.23. The largest absolute Gasteiger partial charge is 0.388 e. The normalized spacial score (nSPS) is 25.4. The van der Waals surface area contributed by atoms with Gasteiger partial charge in [0, 0.05) is 23.7 Å². The van der Waals surface area contributed by atoms with Gasteiger partial charge in [-0.1, -0.05) is 24.6 Å². The Morgan fingerprint density at radius 2 is 2.07 bits per heavy atom. The summed E-state index contributed by atoms with van der Waals surface area (Å²) in [5.74, 6) is 0.295. The summed E-state index contributed by atoms with van der Waals surface area (Å²) in [4.78, 5) is 0. The standard InChI is InChI=1S/C12H17NO/c1-7-4-8(2)11-10(5-7)12(14)9(3)6-13-11/h4-5,9,12-14H,6H2,1-3H3. The van der Waals surface area contributed by atoms with Gasteiger partial charge >= 0.3 is 0 Å². The molecule has 2 nitrogen and oxygen atoms in total. The first kappa shape index (κ1) is 9.53. The van der Waals surface area contributed by atoms with Gasteiger partial charge in [0.25, 0.3) is 0 Å². The Balaban J connectivity index is 2.54. The zero-order valence-electron chi connectivity index (χ0n) is 8.96. The number of aryl methyl sites for hydroxylation is 2. The Morgan fingerprint density at radius 3 is 2.79 bits per heavy atom. The molecule has 0 saturated heterocycles. The highest BCUT2D eigenvalue weighted by atomic mass is 16.3. The maximum absolute atomic E-state index is 10.0. The highest BCUT2D eigenvalue weighted by Crippen LogP contribution is 2.35. The van der Waals surface area contributed by atoms with Crippen LogP contribution in [-0.4, -0.2) is 11.7 Å². The Labute approximate surface area is 85.0 Å². The van der Waals surface area contributed by atoms with E-state index in [2.05, 4.69) is 38.2 Å². The van der Waals surface area contributed by atoms with Crippen molar-refractivity contribution in [3.05, 3.63) is 28.8 Å². The van der Waals surface area contributed by atoms with Gasteiger partial charge in [0.05, 0.1) is 6.10 Å². The molecule has 0 aliphatic carbocycles. The third-order valence-corrected chi connectivity index (χ3v) is 2.97. The number of aliphatic hydroxyl groups excluding tert-OH is 1. The van der Waals surface area contributed by atoms with Gasteiger partial charge in [-0.15, -0.1) is 0 Å². The van der Waals surface area contributed by atoms with Gasteiger partial charge in [-0.25, -0.2) is 0 Å². The van der Waals surface area contributed by atoms with Crippen molar-refractivity contribution in [2.45, 2.75) is 26.9 Å². The summed E-state index contributed by atoms with van der Waals surface area (Å²) < 4.78 is 0. The zero-order valence-corrected chi connectivity index (χ0v) is 8.96. The molecule has 0 aromatic heterocycles. The molecule has 0 fully saturated rings. The van der Waals surface area contributed by atoms with Crippen molar-refractivity contribution in [1.82, 2.24) is 0 Å². The predicted molar refractivity (Wildman–Crippen MR) is 58.5 cm³/mol. The molecule has 1 heterocycles. The first-order chi connectivity index (χ1) is 6.59. The predicted octanol–water partition coefficient (Wildman–Crippen LogP) is 2.40. The topological polar surface area (TPSA) is 32.3 Å². The number of rotatable bonds is 0. The molecule has 2 unspecified atom stereocenters. The molecule has 1 aromatic carbocycles. The molecule has 2 heteroatoms. The minimum absolute atomic E-state index is 0.295. The van der Waals surface area contributed by atoms with E-state index in [0.29, 0.717) is 5.92 Å². The molecule has 1 aliphatic heterocycles. The average molecular weight is 191 g/mol. The minimum Gasteiger partial charge on any atom is -0.388 e. The van der Waals surface area contributed by atoms with Crippen LogP contribution >= 0.6 is 0 Å². The maximum atomic E-state index is 10.0. The zero-order chi connectivity index (χ0) is 10.3. The van der Waals surface area contributed by atoms with Crippen molar-refractivity contribution in [2.24, 2.45) is 5.92 Å². The van der Waals surface area contributed by atoms with E-state index in [1.165, 1.54) is 11.1 Å². The van der Waals surface area contributed by atoms with Crippen molar-refractivity contribution in [3.8, 4) is 0 Å². The fraction of sp³-hybridized carbons (Fsp3) is 0.500. The molecule has 2 rings (SSSR count). The van der Waals surface area contributed by atoms with Crippen molar-refractivity contribution in [1.29, 1.82) is 0 Å². The fourth-order valence-electron chi connectivity index (χ4n) is 2.16. The third kappa shape index (κ3) is 1.40.